The zero-order valence-corrected chi connectivity index (χ0v) is 18.1. The number of fused-ring (bicyclic) bond motifs is 1. The lowest BCUT2D eigenvalue weighted by Gasteiger charge is -2.33. The Bertz CT molecular complexity index is 807. The molecular formula is C19H25Cl2N3O3S. The summed E-state index contributed by atoms with van der Waals surface area (Å²) in [6, 6.07) is 6.00. The van der Waals surface area contributed by atoms with Crippen LogP contribution in [0.25, 0.3) is 10.6 Å². The summed E-state index contributed by atoms with van der Waals surface area (Å²) in [7, 11) is 0. The molecule has 1 amide bonds. The average molecular weight is 446 g/mol. The Kier molecular flexibility index (Phi) is 7.95. The minimum Gasteiger partial charge on any atom is -0.454 e. The van der Waals surface area contributed by atoms with Gasteiger partial charge >= 0.3 is 0 Å². The minimum atomic E-state index is 0. The van der Waals surface area contributed by atoms with Crippen molar-refractivity contribution < 1.29 is 14.3 Å². The molecule has 2 aromatic rings. The van der Waals surface area contributed by atoms with Gasteiger partial charge in [-0.3, -0.25) is 4.79 Å². The van der Waals surface area contributed by atoms with E-state index in [9.17, 15) is 4.79 Å². The number of aromatic nitrogens is 1. The van der Waals surface area contributed by atoms with E-state index in [4.69, 9.17) is 15.2 Å². The lowest BCUT2D eigenvalue weighted by atomic mass is 9.91. The highest BCUT2D eigenvalue weighted by Crippen LogP contribution is 2.36. The fourth-order valence-electron chi connectivity index (χ4n) is 3.49. The van der Waals surface area contributed by atoms with Crippen LogP contribution in [-0.2, 0) is 11.2 Å². The Labute approximate surface area is 181 Å². The molecule has 0 saturated carbocycles. The molecule has 0 aliphatic carbocycles. The van der Waals surface area contributed by atoms with Crippen LogP contribution in [0.4, 0.5) is 0 Å². The summed E-state index contributed by atoms with van der Waals surface area (Å²) in [5, 5.41) is 2.86. The summed E-state index contributed by atoms with van der Waals surface area (Å²) >= 11 is 1.55. The number of nitrogens with zero attached hydrogens (tertiary/aromatic N) is 2. The van der Waals surface area contributed by atoms with Crippen LogP contribution in [0.15, 0.2) is 23.6 Å². The first-order chi connectivity index (χ1) is 12.6. The molecule has 1 saturated heterocycles. The van der Waals surface area contributed by atoms with Gasteiger partial charge in [0.1, 0.15) is 5.01 Å². The average Bonchev–Trinajstić information content (AvgIpc) is 3.30. The topological polar surface area (TPSA) is 77.7 Å². The standard InChI is InChI=1S/C19H23N3O3S.2ClH/c1-12(20)13-4-6-22(7-5-13)18(23)9-15-10-26-19(21-15)14-2-3-16-17(8-14)25-11-24-16;;/h2-3,8,10,12-13H,4-7,9,11,20H2,1H3;2*1H. The number of likely N-dealkylation sites (tertiary alicyclic amines) is 1. The van der Waals surface area contributed by atoms with Gasteiger partial charge in [0.05, 0.1) is 12.1 Å². The van der Waals surface area contributed by atoms with Gasteiger partial charge in [0.15, 0.2) is 11.5 Å². The first-order valence-corrected chi connectivity index (χ1v) is 9.86. The van der Waals surface area contributed by atoms with E-state index in [0.717, 1.165) is 53.7 Å². The van der Waals surface area contributed by atoms with Crippen molar-refractivity contribution in [3.63, 3.8) is 0 Å². The van der Waals surface area contributed by atoms with Crippen LogP contribution in [0, 0.1) is 5.92 Å². The Morgan fingerprint density at radius 3 is 2.71 bits per heavy atom. The second-order valence-electron chi connectivity index (χ2n) is 6.97. The quantitative estimate of drug-likeness (QED) is 0.778. The summed E-state index contributed by atoms with van der Waals surface area (Å²) in [5.41, 5.74) is 7.78. The highest BCUT2D eigenvalue weighted by molar-refractivity contribution is 7.13. The minimum absolute atomic E-state index is 0. The van der Waals surface area contributed by atoms with E-state index < -0.39 is 0 Å². The Morgan fingerprint density at radius 2 is 2.00 bits per heavy atom. The number of benzene rings is 1. The molecule has 6 nitrogen and oxygen atoms in total. The number of carbonyl (C=O) groups excluding carboxylic acids is 1. The van der Waals surface area contributed by atoms with E-state index in [0.29, 0.717) is 12.3 Å². The second-order valence-corrected chi connectivity index (χ2v) is 7.82. The van der Waals surface area contributed by atoms with Crippen LogP contribution in [0.2, 0.25) is 0 Å². The van der Waals surface area contributed by atoms with Crippen LogP contribution < -0.4 is 15.2 Å². The maximum atomic E-state index is 12.6. The van der Waals surface area contributed by atoms with Crippen LogP contribution >= 0.6 is 36.2 Å². The monoisotopic (exact) mass is 445 g/mol. The number of hydrogen-bond acceptors (Lipinski definition) is 6. The number of amides is 1. The molecule has 1 aromatic carbocycles. The van der Waals surface area contributed by atoms with Gasteiger partial charge in [0.2, 0.25) is 12.7 Å². The van der Waals surface area contributed by atoms with Crippen molar-refractivity contribution >= 4 is 42.1 Å². The lowest BCUT2D eigenvalue weighted by Crippen LogP contribution is -2.43. The van der Waals surface area contributed by atoms with Crippen molar-refractivity contribution in [2.24, 2.45) is 11.7 Å². The summed E-state index contributed by atoms with van der Waals surface area (Å²) in [6.07, 6.45) is 2.33. The fourth-order valence-corrected chi connectivity index (χ4v) is 4.31. The Morgan fingerprint density at radius 1 is 1.29 bits per heavy atom. The van der Waals surface area contributed by atoms with E-state index >= 15 is 0 Å². The maximum Gasteiger partial charge on any atom is 0.231 e. The smallest absolute Gasteiger partial charge is 0.231 e. The van der Waals surface area contributed by atoms with Crippen molar-refractivity contribution in [2.75, 3.05) is 19.9 Å². The molecule has 0 spiro atoms. The first-order valence-electron chi connectivity index (χ1n) is 8.98. The number of nitrogens with two attached hydrogens (primary N) is 1. The SMILES string of the molecule is CC(N)C1CCN(C(=O)Cc2csc(-c3ccc4c(c3)OCO4)n2)CC1.Cl.Cl. The van der Waals surface area contributed by atoms with Crippen LogP contribution in [0.1, 0.15) is 25.5 Å². The molecular weight excluding hydrogens is 421 g/mol. The van der Waals surface area contributed by atoms with Gasteiger partial charge in [0.25, 0.3) is 0 Å². The van der Waals surface area contributed by atoms with Crippen molar-refractivity contribution in [1.29, 1.82) is 0 Å². The zero-order valence-electron chi connectivity index (χ0n) is 15.6. The molecule has 154 valence electrons. The maximum absolute atomic E-state index is 12.6. The number of hydrogen-bond donors (Lipinski definition) is 1. The predicted molar refractivity (Wildman–Crippen MR) is 115 cm³/mol. The summed E-state index contributed by atoms with van der Waals surface area (Å²) in [6.45, 7) is 3.90. The largest absolute Gasteiger partial charge is 0.454 e. The third kappa shape index (κ3) is 4.89. The molecule has 1 atom stereocenters. The van der Waals surface area contributed by atoms with Gasteiger partial charge < -0.3 is 20.1 Å². The predicted octanol–water partition coefficient (Wildman–Crippen LogP) is 3.51. The van der Waals surface area contributed by atoms with E-state index in [-0.39, 0.29) is 43.6 Å². The van der Waals surface area contributed by atoms with Crippen molar-refractivity contribution in [1.82, 2.24) is 9.88 Å². The summed E-state index contributed by atoms with van der Waals surface area (Å²) < 4.78 is 10.8. The molecule has 1 unspecified atom stereocenters. The molecule has 2 aliphatic rings. The molecule has 0 radical (unpaired) electrons. The number of thiazole rings is 1. The number of carbonyl (C=O) groups is 1. The van der Waals surface area contributed by atoms with Gasteiger partial charge in [0, 0.05) is 30.1 Å². The Hall–Kier alpha value is -1.54. The van der Waals surface area contributed by atoms with Gasteiger partial charge in [-0.15, -0.1) is 36.2 Å². The number of piperidine rings is 1. The molecule has 1 fully saturated rings. The third-order valence-electron chi connectivity index (χ3n) is 5.14. The van der Waals surface area contributed by atoms with Crippen molar-refractivity contribution in [3.05, 3.63) is 29.3 Å². The zero-order chi connectivity index (χ0) is 18.1. The molecule has 9 heteroatoms. The van der Waals surface area contributed by atoms with E-state index in [1.54, 1.807) is 11.3 Å². The summed E-state index contributed by atoms with van der Waals surface area (Å²) in [4.78, 5) is 19.1. The molecule has 3 heterocycles. The molecule has 4 rings (SSSR count). The molecule has 2 aliphatic heterocycles. The van der Waals surface area contributed by atoms with Crippen LogP contribution in [-0.4, -0.2) is 41.7 Å². The molecule has 0 bridgehead atoms. The van der Waals surface area contributed by atoms with Gasteiger partial charge in [-0.1, -0.05) is 0 Å². The van der Waals surface area contributed by atoms with E-state index in [2.05, 4.69) is 11.9 Å². The number of rotatable bonds is 4. The van der Waals surface area contributed by atoms with E-state index in [1.165, 1.54) is 0 Å². The lowest BCUT2D eigenvalue weighted by molar-refractivity contribution is -0.132. The normalized spacial score (nSPS) is 16.9. The first kappa shape index (κ1) is 22.7. The van der Waals surface area contributed by atoms with Crippen molar-refractivity contribution in [3.8, 4) is 22.1 Å². The Balaban J connectivity index is 0.00000140. The fraction of sp³-hybridized carbons (Fsp3) is 0.474. The molecule has 28 heavy (non-hydrogen) atoms. The van der Waals surface area contributed by atoms with Gasteiger partial charge in [-0.2, -0.15) is 0 Å². The number of ether oxygens (including phenoxy) is 2. The van der Waals surface area contributed by atoms with Gasteiger partial charge in [-0.25, -0.2) is 4.98 Å². The highest BCUT2D eigenvalue weighted by Gasteiger charge is 2.25. The second kappa shape index (κ2) is 9.78. The van der Waals surface area contributed by atoms with Gasteiger partial charge in [-0.05, 0) is 43.9 Å². The van der Waals surface area contributed by atoms with E-state index in [1.807, 2.05) is 28.5 Å². The molecule has 1 aromatic heterocycles. The summed E-state index contributed by atoms with van der Waals surface area (Å²) in [5.74, 6) is 2.18. The van der Waals surface area contributed by atoms with Crippen LogP contribution in [0.5, 0.6) is 11.5 Å². The highest BCUT2D eigenvalue weighted by atomic mass is 35.5. The van der Waals surface area contributed by atoms with Crippen LogP contribution in [0.3, 0.4) is 0 Å². The number of halogens is 2. The third-order valence-corrected chi connectivity index (χ3v) is 6.08. The molecule has 2 N–H and O–H groups in total. The van der Waals surface area contributed by atoms with Crippen molar-refractivity contribution in [2.45, 2.75) is 32.2 Å².